The van der Waals surface area contributed by atoms with Gasteiger partial charge in [0.2, 0.25) is 10.0 Å². The van der Waals surface area contributed by atoms with Crippen molar-refractivity contribution in [3.05, 3.63) is 35.4 Å². The molecular formula is C14H20N2O3S2. The second-order valence-electron chi connectivity index (χ2n) is 5.23. The Hall–Kier alpha value is -1.02. The Bertz CT molecular complexity index is 581. The van der Waals surface area contributed by atoms with Crippen molar-refractivity contribution in [3.8, 4) is 0 Å². The van der Waals surface area contributed by atoms with Gasteiger partial charge in [0.05, 0.1) is 12.4 Å². The molecule has 0 atom stereocenters. The van der Waals surface area contributed by atoms with Crippen molar-refractivity contribution in [2.24, 2.45) is 11.7 Å². The van der Waals surface area contributed by atoms with Gasteiger partial charge < -0.3 is 10.5 Å². The molecule has 0 bridgehead atoms. The van der Waals surface area contributed by atoms with E-state index in [2.05, 4.69) is 4.72 Å². The van der Waals surface area contributed by atoms with E-state index in [4.69, 9.17) is 22.7 Å². The van der Waals surface area contributed by atoms with E-state index in [-0.39, 0.29) is 5.75 Å². The highest BCUT2D eigenvalue weighted by Gasteiger charge is 2.21. The van der Waals surface area contributed by atoms with Gasteiger partial charge in [-0.3, -0.25) is 0 Å². The maximum atomic E-state index is 11.9. The van der Waals surface area contributed by atoms with E-state index in [9.17, 15) is 8.42 Å². The summed E-state index contributed by atoms with van der Waals surface area (Å²) in [5.41, 5.74) is 6.92. The van der Waals surface area contributed by atoms with Crippen LogP contribution in [-0.2, 0) is 20.5 Å². The van der Waals surface area contributed by atoms with Crippen LogP contribution in [0.4, 0.5) is 0 Å². The van der Waals surface area contributed by atoms with Gasteiger partial charge in [-0.25, -0.2) is 13.1 Å². The van der Waals surface area contributed by atoms with Gasteiger partial charge in [0.15, 0.2) is 0 Å². The predicted molar refractivity (Wildman–Crippen MR) is 86.5 cm³/mol. The molecule has 0 saturated heterocycles. The fourth-order valence-electron chi connectivity index (χ4n) is 1.84. The fraction of sp³-hybridized carbons (Fsp3) is 0.500. The summed E-state index contributed by atoms with van der Waals surface area (Å²) in [5.74, 6) is 0.626. The molecular weight excluding hydrogens is 308 g/mol. The minimum atomic E-state index is -3.35. The molecule has 1 fully saturated rings. The monoisotopic (exact) mass is 328 g/mol. The second kappa shape index (κ2) is 7.31. The first-order chi connectivity index (χ1) is 9.96. The van der Waals surface area contributed by atoms with Crippen LogP contribution in [0, 0.1) is 5.92 Å². The highest BCUT2D eigenvalue weighted by atomic mass is 32.2. The highest BCUT2D eigenvalue weighted by Crippen LogP contribution is 2.28. The van der Waals surface area contributed by atoms with Gasteiger partial charge in [-0.05, 0) is 24.3 Å². The third kappa shape index (κ3) is 6.09. The number of benzene rings is 1. The predicted octanol–water partition coefficient (Wildman–Crippen LogP) is 1.17. The maximum Gasteiger partial charge on any atom is 0.215 e. The normalized spacial score (nSPS) is 15.0. The SMILES string of the molecule is NC(=S)c1ccc(CS(=O)(=O)NCCOCC2CC2)cc1. The number of nitrogens with two attached hydrogens (primary N) is 1. The lowest BCUT2D eigenvalue weighted by Crippen LogP contribution is -2.28. The number of rotatable bonds is 9. The maximum absolute atomic E-state index is 11.9. The van der Waals surface area contributed by atoms with Crippen LogP contribution in [0.5, 0.6) is 0 Å². The molecule has 0 spiro atoms. The van der Waals surface area contributed by atoms with Crippen LogP contribution in [0.3, 0.4) is 0 Å². The Morgan fingerprint density at radius 2 is 2.00 bits per heavy atom. The summed E-state index contributed by atoms with van der Waals surface area (Å²) in [6, 6.07) is 6.90. The van der Waals surface area contributed by atoms with E-state index >= 15 is 0 Å². The van der Waals surface area contributed by atoms with Gasteiger partial charge >= 0.3 is 0 Å². The number of nitrogens with one attached hydrogen (secondary N) is 1. The Kier molecular flexibility index (Phi) is 5.69. The van der Waals surface area contributed by atoms with Gasteiger partial charge in [-0.1, -0.05) is 36.5 Å². The molecule has 7 heteroatoms. The topological polar surface area (TPSA) is 81.4 Å². The van der Waals surface area contributed by atoms with E-state index in [1.807, 2.05) is 0 Å². The molecule has 0 aliphatic heterocycles. The van der Waals surface area contributed by atoms with Crippen molar-refractivity contribution >= 4 is 27.2 Å². The highest BCUT2D eigenvalue weighted by molar-refractivity contribution is 7.88. The van der Waals surface area contributed by atoms with Gasteiger partial charge in [0.25, 0.3) is 0 Å². The minimum Gasteiger partial charge on any atom is -0.389 e. The number of sulfonamides is 1. The van der Waals surface area contributed by atoms with Crippen molar-refractivity contribution in [2.75, 3.05) is 19.8 Å². The molecule has 1 aromatic carbocycles. The Morgan fingerprint density at radius 1 is 1.33 bits per heavy atom. The standard InChI is InChI=1S/C14H20N2O3S2/c15-14(20)13-5-3-12(4-6-13)10-21(17,18)16-7-8-19-9-11-1-2-11/h3-6,11,16H,1-2,7-10H2,(H2,15,20). The Balaban J connectivity index is 1.75. The average molecular weight is 328 g/mol. The summed E-state index contributed by atoms with van der Waals surface area (Å²) in [6.45, 7) is 1.46. The first-order valence-corrected chi connectivity index (χ1v) is 8.96. The summed E-state index contributed by atoms with van der Waals surface area (Å²) < 4.78 is 31.7. The van der Waals surface area contributed by atoms with Crippen molar-refractivity contribution in [1.82, 2.24) is 4.72 Å². The molecule has 0 radical (unpaired) electrons. The van der Waals surface area contributed by atoms with Crippen LogP contribution in [0.1, 0.15) is 24.0 Å². The van der Waals surface area contributed by atoms with E-state index in [1.54, 1.807) is 24.3 Å². The first kappa shape index (κ1) is 16.4. The Labute approximate surface area is 130 Å². The average Bonchev–Trinajstić information content (AvgIpc) is 3.22. The van der Waals surface area contributed by atoms with E-state index in [0.717, 1.165) is 12.2 Å². The molecule has 0 amide bonds. The lowest BCUT2D eigenvalue weighted by atomic mass is 10.1. The summed E-state index contributed by atoms with van der Waals surface area (Å²) in [5, 5.41) is 0. The van der Waals surface area contributed by atoms with Crippen molar-refractivity contribution in [3.63, 3.8) is 0 Å². The van der Waals surface area contributed by atoms with Gasteiger partial charge in [0.1, 0.15) is 4.99 Å². The van der Waals surface area contributed by atoms with Crippen molar-refractivity contribution in [1.29, 1.82) is 0 Å². The van der Waals surface area contributed by atoms with Crippen LogP contribution >= 0.6 is 12.2 Å². The zero-order chi connectivity index (χ0) is 15.3. The molecule has 116 valence electrons. The van der Waals surface area contributed by atoms with Crippen LogP contribution in [0.15, 0.2) is 24.3 Å². The molecule has 0 heterocycles. The van der Waals surface area contributed by atoms with E-state index in [0.29, 0.717) is 29.6 Å². The molecule has 0 aromatic heterocycles. The summed E-state index contributed by atoms with van der Waals surface area (Å²) in [4.78, 5) is 0.301. The van der Waals surface area contributed by atoms with Crippen LogP contribution < -0.4 is 10.5 Å². The molecule has 1 aromatic rings. The lowest BCUT2D eigenvalue weighted by Gasteiger charge is -2.08. The van der Waals surface area contributed by atoms with Gasteiger partial charge in [-0.15, -0.1) is 0 Å². The molecule has 2 rings (SSSR count). The summed E-state index contributed by atoms with van der Waals surface area (Å²) >= 11 is 4.85. The molecule has 21 heavy (non-hydrogen) atoms. The number of thiocarbonyl (C=S) groups is 1. The zero-order valence-electron chi connectivity index (χ0n) is 11.7. The quantitative estimate of drug-likeness (QED) is 0.525. The van der Waals surface area contributed by atoms with E-state index < -0.39 is 10.0 Å². The first-order valence-electron chi connectivity index (χ1n) is 6.90. The van der Waals surface area contributed by atoms with Gasteiger partial charge in [-0.2, -0.15) is 0 Å². The third-order valence-electron chi connectivity index (χ3n) is 3.21. The van der Waals surface area contributed by atoms with Gasteiger partial charge in [0, 0.05) is 18.7 Å². The summed E-state index contributed by atoms with van der Waals surface area (Å²) in [6.07, 6.45) is 2.46. The zero-order valence-corrected chi connectivity index (χ0v) is 13.4. The van der Waals surface area contributed by atoms with Crippen LogP contribution in [0.25, 0.3) is 0 Å². The molecule has 1 aliphatic rings. The number of hydrogen-bond donors (Lipinski definition) is 2. The number of ether oxygens (including phenoxy) is 1. The lowest BCUT2D eigenvalue weighted by molar-refractivity contribution is 0.129. The number of hydrogen-bond acceptors (Lipinski definition) is 4. The third-order valence-corrected chi connectivity index (χ3v) is 4.81. The molecule has 3 N–H and O–H groups in total. The molecule has 5 nitrogen and oxygen atoms in total. The minimum absolute atomic E-state index is 0.0623. The fourth-order valence-corrected chi connectivity index (χ4v) is 3.10. The molecule has 1 saturated carbocycles. The van der Waals surface area contributed by atoms with Crippen molar-refractivity contribution in [2.45, 2.75) is 18.6 Å². The Morgan fingerprint density at radius 3 is 2.57 bits per heavy atom. The van der Waals surface area contributed by atoms with Crippen LogP contribution in [0.2, 0.25) is 0 Å². The summed E-state index contributed by atoms with van der Waals surface area (Å²) in [7, 11) is -3.35. The molecule has 1 aliphatic carbocycles. The van der Waals surface area contributed by atoms with Crippen LogP contribution in [-0.4, -0.2) is 33.2 Å². The van der Waals surface area contributed by atoms with Crippen molar-refractivity contribution < 1.29 is 13.2 Å². The van der Waals surface area contributed by atoms with E-state index in [1.165, 1.54) is 12.8 Å². The second-order valence-corrected chi connectivity index (χ2v) is 7.48. The molecule has 0 unspecified atom stereocenters. The smallest absolute Gasteiger partial charge is 0.215 e. The largest absolute Gasteiger partial charge is 0.389 e.